The van der Waals surface area contributed by atoms with E-state index in [0.29, 0.717) is 16.5 Å². The van der Waals surface area contributed by atoms with Crippen molar-refractivity contribution in [2.24, 2.45) is 5.92 Å². The Balaban J connectivity index is 1.63. The Morgan fingerprint density at radius 3 is 2.88 bits per heavy atom. The number of anilines is 1. The zero-order valence-electron chi connectivity index (χ0n) is 14.6. The lowest BCUT2D eigenvalue weighted by atomic mass is 9.89. The molecule has 1 aromatic heterocycles. The summed E-state index contributed by atoms with van der Waals surface area (Å²) in [5, 5.41) is 16.4. The van der Waals surface area contributed by atoms with E-state index in [-0.39, 0.29) is 18.5 Å². The SMILES string of the molecule is C[C@H]1CCc2c(sc(NC(=O)CN[C@H](C)c3ccccc3)c2C#N)C1. The predicted octanol–water partition coefficient (Wildman–Crippen LogP) is 4.03. The van der Waals surface area contributed by atoms with Gasteiger partial charge in [0.1, 0.15) is 11.1 Å². The van der Waals surface area contributed by atoms with Gasteiger partial charge in [0.15, 0.2) is 0 Å². The van der Waals surface area contributed by atoms with E-state index < -0.39 is 0 Å². The first-order valence-electron chi connectivity index (χ1n) is 8.71. The minimum absolute atomic E-state index is 0.0970. The highest BCUT2D eigenvalue weighted by Crippen LogP contribution is 2.39. The lowest BCUT2D eigenvalue weighted by Crippen LogP contribution is -2.30. The third kappa shape index (κ3) is 4.09. The molecular formula is C20H23N3OS. The van der Waals surface area contributed by atoms with Crippen LogP contribution in [0.1, 0.15) is 47.9 Å². The molecule has 25 heavy (non-hydrogen) atoms. The van der Waals surface area contributed by atoms with E-state index in [1.165, 1.54) is 4.88 Å². The van der Waals surface area contributed by atoms with Crippen molar-refractivity contribution in [3.63, 3.8) is 0 Å². The molecule has 0 aliphatic heterocycles. The molecule has 1 aliphatic carbocycles. The van der Waals surface area contributed by atoms with Gasteiger partial charge in [-0.25, -0.2) is 0 Å². The van der Waals surface area contributed by atoms with Gasteiger partial charge in [-0.1, -0.05) is 37.3 Å². The lowest BCUT2D eigenvalue weighted by molar-refractivity contribution is -0.115. The van der Waals surface area contributed by atoms with Crippen molar-refractivity contribution < 1.29 is 4.79 Å². The highest BCUT2D eigenvalue weighted by Gasteiger charge is 2.24. The molecule has 5 heteroatoms. The molecule has 0 spiro atoms. The summed E-state index contributed by atoms with van der Waals surface area (Å²) < 4.78 is 0. The fraction of sp³-hybridized carbons (Fsp3) is 0.400. The smallest absolute Gasteiger partial charge is 0.238 e. The van der Waals surface area contributed by atoms with E-state index in [1.54, 1.807) is 11.3 Å². The van der Waals surface area contributed by atoms with Crippen LogP contribution >= 0.6 is 11.3 Å². The van der Waals surface area contributed by atoms with E-state index in [0.717, 1.165) is 30.4 Å². The number of carbonyl (C=O) groups excluding carboxylic acids is 1. The quantitative estimate of drug-likeness (QED) is 0.853. The highest BCUT2D eigenvalue weighted by molar-refractivity contribution is 7.16. The lowest BCUT2D eigenvalue weighted by Gasteiger charge is -2.17. The Morgan fingerprint density at radius 2 is 2.16 bits per heavy atom. The molecule has 130 valence electrons. The van der Waals surface area contributed by atoms with Gasteiger partial charge in [0.25, 0.3) is 0 Å². The van der Waals surface area contributed by atoms with Gasteiger partial charge >= 0.3 is 0 Å². The standard InChI is InChI=1S/C20H23N3OS/c1-13-8-9-16-17(11-21)20(25-18(16)10-13)23-19(24)12-22-14(2)15-6-4-3-5-7-15/h3-7,13-14,22H,8-10,12H2,1-2H3,(H,23,24)/t13-,14+/m0/s1. The maximum Gasteiger partial charge on any atom is 0.238 e. The summed E-state index contributed by atoms with van der Waals surface area (Å²) in [5.74, 6) is 0.542. The van der Waals surface area contributed by atoms with Crippen LogP contribution in [0.5, 0.6) is 0 Å². The second-order valence-electron chi connectivity index (χ2n) is 6.73. The van der Waals surface area contributed by atoms with Gasteiger partial charge in [0, 0.05) is 10.9 Å². The first-order chi connectivity index (χ1) is 12.1. The predicted molar refractivity (Wildman–Crippen MR) is 102 cm³/mol. The zero-order valence-corrected chi connectivity index (χ0v) is 15.5. The van der Waals surface area contributed by atoms with E-state index >= 15 is 0 Å². The largest absolute Gasteiger partial charge is 0.315 e. The number of benzene rings is 1. The fourth-order valence-corrected chi connectivity index (χ4v) is 4.61. The Kier molecular flexibility index (Phi) is 5.52. The van der Waals surface area contributed by atoms with Crippen molar-refractivity contribution in [3.8, 4) is 6.07 Å². The minimum atomic E-state index is -0.106. The molecule has 2 atom stereocenters. The van der Waals surface area contributed by atoms with E-state index in [1.807, 2.05) is 37.3 Å². The van der Waals surface area contributed by atoms with Crippen molar-refractivity contribution in [2.75, 3.05) is 11.9 Å². The molecule has 0 saturated carbocycles. The number of rotatable bonds is 5. The van der Waals surface area contributed by atoms with Crippen LogP contribution in [0.3, 0.4) is 0 Å². The highest BCUT2D eigenvalue weighted by atomic mass is 32.1. The number of nitriles is 1. The van der Waals surface area contributed by atoms with Crippen LogP contribution < -0.4 is 10.6 Å². The maximum absolute atomic E-state index is 12.3. The summed E-state index contributed by atoms with van der Waals surface area (Å²) in [7, 11) is 0. The Hall–Kier alpha value is -2.16. The average molecular weight is 353 g/mol. The number of carbonyl (C=O) groups is 1. The van der Waals surface area contributed by atoms with Crippen LogP contribution in [0.4, 0.5) is 5.00 Å². The van der Waals surface area contributed by atoms with Crippen molar-refractivity contribution in [3.05, 3.63) is 51.9 Å². The van der Waals surface area contributed by atoms with Gasteiger partial charge in [-0.3, -0.25) is 4.79 Å². The fourth-order valence-electron chi connectivity index (χ4n) is 3.23. The minimum Gasteiger partial charge on any atom is -0.315 e. The normalized spacial score (nSPS) is 17.4. The molecule has 1 heterocycles. The van der Waals surface area contributed by atoms with Gasteiger partial charge in [0.05, 0.1) is 12.1 Å². The van der Waals surface area contributed by atoms with Crippen molar-refractivity contribution in [1.82, 2.24) is 5.32 Å². The second-order valence-corrected chi connectivity index (χ2v) is 7.83. The molecule has 0 saturated heterocycles. The molecule has 0 bridgehead atoms. The van der Waals surface area contributed by atoms with Crippen molar-refractivity contribution >= 4 is 22.2 Å². The molecule has 0 unspecified atom stereocenters. The number of fused-ring (bicyclic) bond motifs is 1. The monoisotopic (exact) mass is 353 g/mol. The van der Waals surface area contributed by atoms with Crippen LogP contribution in [-0.2, 0) is 17.6 Å². The molecule has 1 aliphatic rings. The van der Waals surface area contributed by atoms with Crippen LogP contribution in [0, 0.1) is 17.2 Å². The summed E-state index contributed by atoms with van der Waals surface area (Å²) in [4.78, 5) is 13.6. The zero-order chi connectivity index (χ0) is 17.8. The summed E-state index contributed by atoms with van der Waals surface area (Å²) in [6.07, 6.45) is 3.06. The third-order valence-corrected chi connectivity index (χ3v) is 5.91. The van der Waals surface area contributed by atoms with E-state index in [9.17, 15) is 10.1 Å². The molecule has 2 N–H and O–H groups in total. The van der Waals surface area contributed by atoms with Gasteiger partial charge in [0.2, 0.25) is 5.91 Å². The van der Waals surface area contributed by atoms with Gasteiger partial charge in [-0.2, -0.15) is 5.26 Å². The van der Waals surface area contributed by atoms with Crippen molar-refractivity contribution in [1.29, 1.82) is 5.26 Å². The van der Waals surface area contributed by atoms with Gasteiger partial charge in [-0.05, 0) is 43.2 Å². The van der Waals surface area contributed by atoms with Gasteiger partial charge in [-0.15, -0.1) is 11.3 Å². The summed E-state index contributed by atoms with van der Waals surface area (Å²) in [5.41, 5.74) is 2.96. The van der Waals surface area contributed by atoms with E-state index in [4.69, 9.17) is 0 Å². The first kappa shape index (κ1) is 17.7. The average Bonchev–Trinajstić information content (AvgIpc) is 2.96. The number of hydrogen-bond donors (Lipinski definition) is 2. The molecule has 4 nitrogen and oxygen atoms in total. The van der Waals surface area contributed by atoms with Crippen LogP contribution in [-0.4, -0.2) is 12.5 Å². The summed E-state index contributed by atoms with van der Waals surface area (Å²) in [6, 6.07) is 12.4. The maximum atomic E-state index is 12.3. The molecule has 0 radical (unpaired) electrons. The number of thiophene rings is 1. The molecule has 1 amide bonds. The second kappa shape index (κ2) is 7.81. The molecular weight excluding hydrogens is 330 g/mol. The summed E-state index contributed by atoms with van der Waals surface area (Å²) in [6.45, 7) is 4.50. The third-order valence-electron chi connectivity index (χ3n) is 4.74. The number of amides is 1. The van der Waals surface area contributed by atoms with Crippen LogP contribution in [0.2, 0.25) is 0 Å². The number of hydrogen-bond acceptors (Lipinski definition) is 4. The Labute approximate surface area is 152 Å². The molecule has 1 aromatic carbocycles. The Bertz CT molecular complexity index is 791. The molecule has 3 rings (SSSR count). The topological polar surface area (TPSA) is 64.9 Å². The molecule has 2 aromatic rings. The number of nitrogens with one attached hydrogen (secondary N) is 2. The Morgan fingerprint density at radius 1 is 1.40 bits per heavy atom. The van der Waals surface area contributed by atoms with Crippen LogP contribution in [0.15, 0.2) is 30.3 Å². The van der Waals surface area contributed by atoms with Gasteiger partial charge < -0.3 is 10.6 Å². The first-order valence-corrected chi connectivity index (χ1v) is 9.53. The van der Waals surface area contributed by atoms with E-state index in [2.05, 4.69) is 23.6 Å². The van der Waals surface area contributed by atoms with Crippen molar-refractivity contribution in [2.45, 2.75) is 39.2 Å². The summed E-state index contributed by atoms with van der Waals surface area (Å²) >= 11 is 1.57. The van der Waals surface area contributed by atoms with Crippen LogP contribution in [0.25, 0.3) is 0 Å². The number of nitrogens with zero attached hydrogens (tertiary/aromatic N) is 1. The molecule has 0 fully saturated rings.